The SMILES string of the molecule is O=C(O)c1cccc(I)c1N1CC(O)CC1=O. The van der Waals surface area contributed by atoms with Crippen LogP contribution in [0.4, 0.5) is 5.69 Å². The molecule has 1 unspecified atom stereocenters. The van der Waals surface area contributed by atoms with E-state index in [1.807, 2.05) is 22.6 Å². The molecule has 1 aromatic carbocycles. The fourth-order valence-electron chi connectivity index (χ4n) is 1.87. The van der Waals surface area contributed by atoms with Crippen molar-refractivity contribution in [3.63, 3.8) is 0 Å². The average Bonchev–Trinajstić information content (AvgIpc) is 2.57. The lowest BCUT2D eigenvalue weighted by atomic mass is 10.1. The molecule has 1 atom stereocenters. The summed E-state index contributed by atoms with van der Waals surface area (Å²) in [6, 6.07) is 4.82. The number of hydrogen-bond acceptors (Lipinski definition) is 3. The second-order valence-corrected chi connectivity index (χ2v) is 4.97. The van der Waals surface area contributed by atoms with Crippen molar-refractivity contribution in [2.75, 3.05) is 11.4 Å². The number of carboxylic acids is 1. The highest BCUT2D eigenvalue weighted by Gasteiger charge is 2.32. The molecule has 2 N–H and O–H groups in total. The van der Waals surface area contributed by atoms with E-state index in [4.69, 9.17) is 5.11 Å². The van der Waals surface area contributed by atoms with Gasteiger partial charge in [0.1, 0.15) is 0 Å². The van der Waals surface area contributed by atoms with Gasteiger partial charge in [0.05, 0.1) is 30.3 Å². The number of hydrogen-bond donors (Lipinski definition) is 2. The van der Waals surface area contributed by atoms with E-state index < -0.39 is 12.1 Å². The molecular formula is C11H10INO4. The van der Waals surface area contributed by atoms with Crippen molar-refractivity contribution in [3.8, 4) is 0 Å². The number of aliphatic hydroxyl groups excluding tert-OH is 1. The number of anilines is 1. The number of benzene rings is 1. The third kappa shape index (κ3) is 2.27. The first-order valence-electron chi connectivity index (χ1n) is 5.01. The van der Waals surface area contributed by atoms with Crippen molar-refractivity contribution < 1.29 is 19.8 Å². The molecule has 0 aromatic heterocycles. The van der Waals surface area contributed by atoms with Gasteiger partial charge in [0.15, 0.2) is 0 Å². The van der Waals surface area contributed by atoms with Crippen molar-refractivity contribution in [1.82, 2.24) is 0 Å². The maximum Gasteiger partial charge on any atom is 0.337 e. The van der Waals surface area contributed by atoms with Gasteiger partial charge in [-0.15, -0.1) is 0 Å². The van der Waals surface area contributed by atoms with E-state index in [1.54, 1.807) is 12.1 Å². The van der Waals surface area contributed by atoms with Gasteiger partial charge in [-0.05, 0) is 34.7 Å². The summed E-state index contributed by atoms with van der Waals surface area (Å²) in [6.45, 7) is 0.152. The van der Waals surface area contributed by atoms with Gasteiger partial charge in [0, 0.05) is 3.57 Å². The van der Waals surface area contributed by atoms with Crippen molar-refractivity contribution in [3.05, 3.63) is 27.3 Å². The number of aromatic carboxylic acids is 1. The van der Waals surface area contributed by atoms with Gasteiger partial charge in [-0.1, -0.05) is 6.07 Å². The lowest BCUT2D eigenvalue weighted by molar-refractivity contribution is -0.117. The van der Waals surface area contributed by atoms with Crippen molar-refractivity contribution >= 4 is 40.2 Å². The van der Waals surface area contributed by atoms with Gasteiger partial charge < -0.3 is 15.1 Å². The number of nitrogens with zero attached hydrogens (tertiary/aromatic N) is 1. The minimum Gasteiger partial charge on any atom is -0.478 e. The summed E-state index contributed by atoms with van der Waals surface area (Å²) in [5.74, 6) is -1.32. The van der Waals surface area contributed by atoms with Crippen LogP contribution in [0.2, 0.25) is 0 Å². The van der Waals surface area contributed by atoms with Gasteiger partial charge in [-0.3, -0.25) is 4.79 Å². The zero-order valence-corrected chi connectivity index (χ0v) is 10.9. The molecule has 0 saturated carbocycles. The number of para-hydroxylation sites is 1. The Morgan fingerprint density at radius 2 is 2.18 bits per heavy atom. The molecule has 1 aliphatic rings. The molecule has 1 fully saturated rings. The van der Waals surface area contributed by atoms with Crippen LogP contribution in [0.5, 0.6) is 0 Å². The van der Waals surface area contributed by atoms with Gasteiger partial charge in [0.25, 0.3) is 0 Å². The second-order valence-electron chi connectivity index (χ2n) is 3.80. The number of amides is 1. The molecule has 17 heavy (non-hydrogen) atoms. The summed E-state index contributed by atoms with van der Waals surface area (Å²) in [5, 5.41) is 18.5. The number of carboxylic acid groups (broad SMARTS) is 1. The van der Waals surface area contributed by atoms with E-state index >= 15 is 0 Å². The van der Waals surface area contributed by atoms with Crippen LogP contribution >= 0.6 is 22.6 Å². The number of aliphatic hydroxyl groups is 1. The minimum atomic E-state index is -1.08. The Bertz CT molecular complexity index is 488. The molecule has 1 aromatic rings. The van der Waals surface area contributed by atoms with Crippen LogP contribution in [-0.2, 0) is 4.79 Å². The normalized spacial score (nSPS) is 19.8. The van der Waals surface area contributed by atoms with Crippen LogP contribution in [0.15, 0.2) is 18.2 Å². The topological polar surface area (TPSA) is 77.8 Å². The Labute approximate surface area is 111 Å². The second kappa shape index (κ2) is 4.61. The molecule has 0 bridgehead atoms. The Morgan fingerprint density at radius 1 is 1.47 bits per heavy atom. The smallest absolute Gasteiger partial charge is 0.337 e. The Kier molecular flexibility index (Phi) is 3.34. The number of carbonyl (C=O) groups excluding carboxylic acids is 1. The lowest BCUT2D eigenvalue weighted by Crippen LogP contribution is -2.28. The maximum atomic E-state index is 11.7. The van der Waals surface area contributed by atoms with Gasteiger partial charge >= 0.3 is 5.97 Å². The van der Waals surface area contributed by atoms with Crippen LogP contribution < -0.4 is 4.90 Å². The van der Waals surface area contributed by atoms with Crippen LogP contribution in [0.1, 0.15) is 16.8 Å². The molecule has 6 heteroatoms. The number of halogens is 1. The molecule has 0 aliphatic carbocycles. The Balaban J connectivity index is 2.51. The van der Waals surface area contributed by atoms with E-state index in [0.717, 1.165) is 0 Å². The van der Waals surface area contributed by atoms with Crippen LogP contribution in [0.3, 0.4) is 0 Å². The molecule has 1 amide bonds. The zero-order chi connectivity index (χ0) is 12.6. The van der Waals surface area contributed by atoms with Crippen LogP contribution in [0.25, 0.3) is 0 Å². The number of rotatable bonds is 2. The summed E-state index contributed by atoms with van der Waals surface area (Å²) >= 11 is 1.99. The molecule has 1 heterocycles. The predicted octanol–water partition coefficient (Wildman–Crippen LogP) is 1.09. The zero-order valence-electron chi connectivity index (χ0n) is 8.76. The highest BCUT2D eigenvalue weighted by Crippen LogP contribution is 2.30. The van der Waals surface area contributed by atoms with E-state index in [9.17, 15) is 14.7 Å². The van der Waals surface area contributed by atoms with E-state index in [2.05, 4.69) is 0 Å². The minimum absolute atomic E-state index is 0.0457. The van der Waals surface area contributed by atoms with Crippen LogP contribution in [0, 0.1) is 3.57 Å². The van der Waals surface area contributed by atoms with Crippen molar-refractivity contribution in [1.29, 1.82) is 0 Å². The number of β-amino-alcohol motifs (C(OH)–C–C–N with tert-alkyl or cyclic N) is 1. The summed E-state index contributed by atoms with van der Waals surface area (Å²) in [4.78, 5) is 24.1. The first-order chi connectivity index (χ1) is 8.00. The van der Waals surface area contributed by atoms with E-state index in [1.165, 1.54) is 11.0 Å². The standard InChI is InChI=1S/C11H10INO4/c12-8-3-1-2-7(11(16)17)10(8)13-5-6(14)4-9(13)15/h1-3,6,14H,4-5H2,(H,16,17). The monoisotopic (exact) mass is 347 g/mol. The quantitative estimate of drug-likeness (QED) is 0.785. The lowest BCUT2D eigenvalue weighted by Gasteiger charge is -2.19. The van der Waals surface area contributed by atoms with Crippen LogP contribution in [-0.4, -0.2) is 34.7 Å². The number of carbonyl (C=O) groups is 2. The first kappa shape index (κ1) is 12.3. The highest BCUT2D eigenvalue weighted by molar-refractivity contribution is 14.1. The Hall–Kier alpha value is -1.15. The largest absolute Gasteiger partial charge is 0.478 e. The highest BCUT2D eigenvalue weighted by atomic mass is 127. The third-order valence-electron chi connectivity index (χ3n) is 2.59. The molecule has 90 valence electrons. The Morgan fingerprint density at radius 3 is 2.71 bits per heavy atom. The van der Waals surface area contributed by atoms with Gasteiger partial charge in [0.2, 0.25) is 5.91 Å². The summed E-state index contributed by atoms with van der Waals surface area (Å²) in [7, 11) is 0. The maximum absolute atomic E-state index is 11.7. The van der Waals surface area contributed by atoms with Crippen molar-refractivity contribution in [2.24, 2.45) is 0 Å². The molecule has 0 radical (unpaired) electrons. The third-order valence-corrected chi connectivity index (χ3v) is 3.46. The molecule has 2 rings (SSSR count). The molecule has 0 spiro atoms. The van der Waals surface area contributed by atoms with E-state index in [0.29, 0.717) is 9.26 Å². The van der Waals surface area contributed by atoms with Crippen molar-refractivity contribution in [2.45, 2.75) is 12.5 Å². The van der Waals surface area contributed by atoms with E-state index in [-0.39, 0.29) is 24.4 Å². The first-order valence-corrected chi connectivity index (χ1v) is 6.09. The van der Waals surface area contributed by atoms with Gasteiger partial charge in [-0.2, -0.15) is 0 Å². The predicted molar refractivity (Wildman–Crippen MR) is 69.1 cm³/mol. The van der Waals surface area contributed by atoms with Gasteiger partial charge in [-0.25, -0.2) is 4.79 Å². The molecule has 1 aliphatic heterocycles. The average molecular weight is 347 g/mol. The summed E-state index contributed by atoms with van der Waals surface area (Å²) in [6.07, 6.45) is -0.676. The summed E-state index contributed by atoms with van der Waals surface area (Å²) in [5.41, 5.74) is 0.460. The molecule has 1 saturated heterocycles. The summed E-state index contributed by atoms with van der Waals surface area (Å²) < 4.78 is 0.685. The fourth-order valence-corrected chi connectivity index (χ4v) is 2.66. The fraction of sp³-hybridized carbons (Fsp3) is 0.273. The molecular weight excluding hydrogens is 337 g/mol. The molecule has 5 nitrogen and oxygen atoms in total.